The second kappa shape index (κ2) is 6.43. The summed E-state index contributed by atoms with van der Waals surface area (Å²) in [6.07, 6.45) is -1.47. The summed E-state index contributed by atoms with van der Waals surface area (Å²) in [5.41, 5.74) is -0.820. The molecule has 0 saturated carbocycles. The van der Waals surface area contributed by atoms with Crippen LogP contribution in [0.5, 0.6) is 0 Å². The van der Waals surface area contributed by atoms with E-state index in [1.54, 1.807) is 6.07 Å². The lowest BCUT2D eigenvalue weighted by Crippen LogP contribution is -2.47. The normalized spacial score (nSPS) is 19.9. The molecular weight excluding hydrogens is 267 g/mol. The third kappa shape index (κ3) is 3.62. The molecule has 1 unspecified atom stereocenters. The highest BCUT2D eigenvalue weighted by Gasteiger charge is 2.33. The van der Waals surface area contributed by atoms with Gasteiger partial charge in [0.05, 0.1) is 0 Å². The average Bonchev–Trinajstić information content (AvgIpc) is 2.45. The molecule has 0 bridgehead atoms. The van der Waals surface area contributed by atoms with Gasteiger partial charge in [-0.25, -0.2) is 4.98 Å². The van der Waals surface area contributed by atoms with Crippen molar-refractivity contribution in [1.82, 2.24) is 10.3 Å². The van der Waals surface area contributed by atoms with E-state index in [1.807, 2.05) is 11.8 Å². The molecule has 3 nitrogen and oxygen atoms in total. The highest BCUT2D eigenvalue weighted by atomic mass is 19.4. The molecule has 2 heterocycles. The highest BCUT2D eigenvalue weighted by Crippen LogP contribution is 2.29. The van der Waals surface area contributed by atoms with Crippen molar-refractivity contribution in [1.29, 1.82) is 0 Å². The first kappa shape index (κ1) is 15.1. The Hall–Kier alpha value is -1.30. The van der Waals surface area contributed by atoms with E-state index in [0.717, 1.165) is 45.0 Å². The summed E-state index contributed by atoms with van der Waals surface area (Å²) in [6, 6.07) is 4.34. The topological polar surface area (TPSA) is 28.2 Å². The molecule has 1 fully saturated rings. The van der Waals surface area contributed by atoms with Gasteiger partial charge in [-0.3, -0.25) is 0 Å². The molecule has 1 saturated heterocycles. The Morgan fingerprint density at radius 1 is 1.40 bits per heavy atom. The summed E-state index contributed by atoms with van der Waals surface area (Å²) in [5, 5.41) is 3.30. The van der Waals surface area contributed by atoms with E-state index in [2.05, 4.69) is 10.3 Å². The van der Waals surface area contributed by atoms with E-state index in [0.29, 0.717) is 5.82 Å². The van der Waals surface area contributed by atoms with Crippen LogP contribution in [0, 0.1) is 0 Å². The lowest BCUT2D eigenvalue weighted by molar-refractivity contribution is -0.141. The Morgan fingerprint density at radius 3 is 2.80 bits per heavy atom. The predicted molar refractivity (Wildman–Crippen MR) is 72.8 cm³/mol. The summed E-state index contributed by atoms with van der Waals surface area (Å²) < 4.78 is 38.3. The van der Waals surface area contributed by atoms with E-state index in [1.165, 1.54) is 6.07 Å². The molecule has 0 amide bonds. The minimum absolute atomic E-state index is 0.222. The van der Waals surface area contributed by atoms with Gasteiger partial charge in [-0.1, -0.05) is 13.0 Å². The van der Waals surface area contributed by atoms with Crippen molar-refractivity contribution >= 4 is 5.82 Å². The SMILES string of the molecule is CCCN(c1cccc(C(F)(F)F)n1)C1CCCNC1. The summed E-state index contributed by atoms with van der Waals surface area (Å²) >= 11 is 0. The number of nitrogens with zero attached hydrogens (tertiary/aromatic N) is 2. The van der Waals surface area contributed by atoms with Crippen molar-refractivity contribution in [3.05, 3.63) is 23.9 Å². The molecule has 0 aliphatic carbocycles. The van der Waals surface area contributed by atoms with Crippen molar-refractivity contribution in [2.24, 2.45) is 0 Å². The second-order valence-electron chi connectivity index (χ2n) is 5.07. The molecule has 0 radical (unpaired) electrons. The number of piperidine rings is 1. The average molecular weight is 287 g/mol. The first-order chi connectivity index (χ1) is 9.52. The predicted octanol–water partition coefficient (Wildman–Crippen LogP) is 3.07. The van der Waals surface area contributed by atoms with Crippen LogP contribution in [0.4, 0.5) is 19.0 Å². The van der Waals surface area contributed by atoms with Gasteiger partial charge in [-0.15, -0.1) is 0 Å². The van der Waals surface area contributed by atoms with Crippen molar-refractivity contribution in [3.63, 3.8) is 0 Å². The first-order valence-corrected chi connectivity index (χ1v) is 7.04. The van der Waals surface area contributed by atoms with Gasteiger partial charge in [0.2, 0.25) is 0 Å². The number of aromatic nitrogens is 1. The van der Waals surface area contributed by atoms with Crippen molar-refractivity contribution in [2.45, 2.75) is 38.4 Å². The Bertz CT molecular complexity index is 428. The van der Waals surface area contributed by atoms with Crippen LogP contribution in [0.25, 0.3) is 0 Å². The van der Waals surface area contributed by atoms with E-state index in [9.17, 15) is 13.2 Å². The van der Waals surface area contributed by atoms with Gasteiger partial charge < -0.3 is 10.2 Å². The molecule has 6 heteroatoms. The minimum Gasteiger partial charge on any atom is -0.352 e. The van der Waals surface area contributed by atoms with Crippen LogP contribution in [0.15, 0.2) is 18.2 Å². The van der Waals surface area contributed by atoms with Crippen molar-refractivity contribution in [2.75, 3.05) is 24.5 Å². The third-order valence-electron chi connectivity index (χ3n) is 3.50. The van der Waals surface area contributed by atoms with Gasteiger partial charge >= 0.3 is 6.18 Å². The Balaban J connectivity index is 2.24. The molecule has 1 aromatic rings. The lowest BCUT2D eigenvalue weighted by atomic mass is 10.1. The van der Waals surface area contributed by atoms with Crippen LogP contribution in [-0.4, -0.2) is 30.7 Å². The number of pyridine rings is 1. The van der Waals surface area contributed by atoms with E-state index < -0.39 is 11.9 Å². The van der Waals surface area contributed by atoms with Crippen LogP contribution in [0.1, 0.15) is 31.9 Å². The molecule has 20 heavy (non-hydrogen) atoms. The Kier molecular flexibility index (Phi) is 4.86. The number of nitrogens with one attached hydrogen (secondary N) is 1. The smallest absolute Gasteiger partial charge is 0.352 e. The fourth-order valence-corrected chi connectivity index (χ4v) is 2.57. The zero-order chi connectivity index (χ0) is 14.6. The minimum atomic E-state index is -4.39. The maximum atomic E-state index is 12.8. The third-order valence-corrected chi connectivity index (χ3v) is 3.50. The largest absolute Gasteiger partial charge is 0.433 e. The van der Waals surface area contributed by atoms with Gasteiger partial charge in [0, 0.05) is 19.1 Å². The Labute approximate surface area is 117 Å². The molecule has 1 N–H and O–H groups in total. The monoisotopic (exact) mass is 287 g/mol. The summed E-state index contributed by atoms with van der Waals surface area (Å²) in [4.78, 5) is 5.81. The van der Waals surface area contributed by atoms with E-state index in [4.69, 9.17) is 0 Å². The molecular formula is C14H20F3N3. The number of hydrogen-bond donors (Lipinski definition) is 1. The number of halogens is 3. The fourth-order valence-electron chi connectivity index (χ4n) is 2.57. The standard InChI is InChI=1S/C14H20F3N3/c1-2-9-20(11-5-4-8-18-10-11)13-7-3-6-12(19-13)14(15,16)17/h3,6-7,11,18H,2,4-5,8-10H2,1H3. The fraction of sp³-hybridized carbons (Fsp3) is 0.643. The molecule has 1 aromatic heterocycles. The highest BCUT2D eigenvalue weighted by molar-refractivity contribution is 5.41. The quantitative estimate of drug-likeness (QED) is 0.922. The number of alkyl halides is 3. The summed E-state index contributed by atoms with van der Waals surface area (Å²) in [5.74, 6) is 0.426. The van der Waals surface area contributed by atoms with Gasteiger partial charge in [0.15, 0.2) is 0 Å². The molecule has 112 valence electrons. The zero-order valence-electron chi connectivity index (χ0n) is 11.6. The van der Waals surface area contributed by atoms with Gasteiger partial charge in [0.1, 0.15) is 11.5 Å². The molecule has 1 aliphatic rings. The van der Waals surface area contributed by atoms with Crippen LogP contribution >= 0.6 is 0 Å². The van der Waals surface area contributed by atoms with Crippen molar-refractivity contribution < 1.29 is 13.2 Å². The first-order valence-electron chi connectivity index (χ1n) is 7.04. The molecule has 1 aliphatic heterocycles. The summed E-state index contributed by atoms with van der Waals surface area (Å²) in [6.45, 7) is 4.53. The molecule has 0 aromatic carbocycles. The molecule has 1 atom stereocenters. The van der Waals surface area contributed by atoms with Crippen molar-refractivity contribution in [3.8, 4) is 0 Å². The molecule has 2 rings (SSSR count). The number of hydrogen-bond acceptors (Lipinski definition) is 3. The maximum absolute atomic E-state index is 12.8. The second-order valence-corrected chi connectivity index (χ2v) is 5.07. The van der Waals surface area contributed by atoms with Crippen LogP contribution < -0.4 is 10.2 Å². The Morgan fingerprint density at radius 2 is 2.20 bits per heavy atom. The van der Waals surface area contributed by atoms with Crippen LogP contribution in [0.2, 0.25) is 0 Å². The number of anilines is 1. The van der Waals surface area contributed by atoms with Gasteiger partial charge in [-0.2, -0.15) is 13.2 Å². The number of rotatable bonds is 4. The van der Waals surface area contributed by atoms with Crippen LogP contribution in [-0.2, 0) is 6.18 Å². The maximum Gasteiger partial charge on any atom is 0.433 e. The summed E-state index contributed by atoms with van der Waals surface area (Å²) in [7, 11) is 0. The van der Waals surface area contributed by atoms with E-state index >= 15 is 0 Å². The zero-order valence-corrected chi connectivity index (χ0v) is 11.6. The van der Waals surface area contributed by atoms with Gasteiger partial charge in [-0.05, 0) is 37.9 Å². The van der Waals surface area contributed by atoms with Gasteiger partial charge in [0.25, 0.3) is 0 Å². The lowest BCUT2D eigenvalue weighted by Gasteiger charge is -2.35. The van der Waals surface area contributed by atoms with Crippen LogP contribution in [0.3, 0.4) is 0 Å². The molecule has 0 spiro atoms. The van der Waals surface area contributed by atoms with E-state index in [-0.39, 0.29) is 6.04 Å².